The van der Waals surface area contributed by atoms with Crippen LogP contribution in [0.3, 0.4) is 0 Å². The van der Waals surface area contributed by atoms with Gasteiger partial charge in [0.25, 0.3) is 0 Å². The first-order valence-corrected chi connectivity index (χ1v) is 7.05. The fourth-order valence-electron chi connectivity index (χ4n) is 1.87. The van der Waals surface area contributed by atoms with Crippen molar-refractivity contribution in [3.63, 3.8) is 0 Å². The Morgan fingerprint density at radius 2 is 2.14 bits per heavy atom. The Hall–Kier alpha value is -2.01. The zero-order valence-corrected chi connectivity index (χ0v) is 12.6. The minimum absolute atomic E-state index is 0.101. The molecule has 1 aromatic carbocycles. The first-order chi connectivity index (χ1) is 9.93. The SMILES string of the molecule is CCCCN(CC(N)=O)c1ccc(/C=C/C(=O)O)cc1Cl. The van der Waals surface area contributed by atoms with Gasteiger partial charge >= 0.3 is 5.97 Å². The average Bonchev–Trinajstić information content (AvgIpc) is 2.41. The van der Waals surface area contributed by atoms with Gasteiger partial charge in [0.05, 0.1) is 17.3 Å². The zero-order valence-electron chi connectivity index (χ0n) is 11.9. The van der Waals surface area contributed by atoms with Crippen molar-refractivity contribution in [1.82, 2.24) is 0 Å². The normalized spacial score (nSPS) is 10.8. The fraction of sp³-hybridized carbons (Fsp3) is 0.333. The number of hydrogen-bond acceptors (Lipinski definition) is 3. The van der Waals surface area contributed by atoms with Gasteiger partial charge in [-0.2, -0.15) is 0 Å². The van der Waals surface area contributed by atoms with Crippen molar-refractivity contribution in [2.24, 2.45) is 5.73 Å². The van der Waals surface area contributed by atoms with Gasteiger partial charge in [-0.05, 0) is 30.2 Å². The van der Waals surface area contributed by atoms with E-state index in [1.807, 2.05) is 4.90 Å². The van der Waals surface area contributed by atoms with Crippen molar-refractivity contribution in [3.05, 3.63) is 34.9 Å². The smallest absolute Gasteiger partial charge is 0.328 e. The number of rotatable bonds is 8. The molecule has 0 aromatic heterocycles. The van der Waals surface area contributed by atoms with E-state index in [1.165, 1.54) is 6.08 Å². The molecule has 0 aliphatic rings. The van der Waals surface area contributed by atoms with E-state index < -0.39 is 11.9 Å². The van der Waals surface area contributed by atoms with Gasteiger partial charge in [-0.1, -0.05) is 31.0 Å². The molecule has 0 aliphatic heterocycles. The highest BCUT2D eigenvalue weighted by atomic mass is 35.5. The lowest BCUT2D eigenvalue weighted by Crippen LogP contribution is -2.34. The van der Waals surface area contributed by atoms with Crippen molar-refractivity contribution < 1.29 is 14.7 Å². The number of amides is 1. The van der Waals surface area contributed by atoms with E-state index in [-0.39, 0.29) is 6.54 Å². The highest BCUT2D eigenvalue weighted by Crippen LogP contribution is 2.27. The lowest BCUT2D eigenvalue weighted by Gasteiger charge is -2.24. The molecule has 6 heteroatoms. The Morgan fingerprint density at radius 1 is 1.43 bits per heavy atom. The van der Waals surface area contributed by atoms with Crippen LogP contribution in [0.2, 0.25) is 5.02 Å². The molecule has 0 heterocycles. The summed E-state index contributed by atoms with van der Waals surface area (Å²) in [5.74, 6) is -1.44. The van der Waals surface area contributed by atoms with Crippen molar-refractivity contribution in [3.8, 4) is 0 Å². The van der Waals surface area contributed by atoms with Crippen LogP contribution in [-0.4, -0.2) is 30.1 Å². The molecule has 0 fully saturated rings. The van der Waals surface area contributed by atoms with E-state index in [9.17, 15) is 9.59 Å². The fourth-order valence-corrected chi connectivity index (χ4v) is 2.18. The largest absolute Gasteiger partial charge is 0.478 e. The van der Waals surface area contributed by atoms with Crippen LogP contribution >= 0.6 is 11.6 Å². The summed E-state index contributed by atoms with van der Waals surface area (Å²) in [7, 11) is 0. The molecule has 0 saturated heterocycles. The van der Waals surface area contributed by atoms with E-state index in [1.54, 1.807) is 18.2 Å². The summed E-state index contributed by atoms with van der Waals surface area (Å²) >= 11 is 6.23. The number of primary amides is 1. The third-order valence-electron chi connectivity index (χ3n) is 2.86. The van der Waals surface area contributed by atoms with Gasteiger partial charge in [0, 0.05) is 12.6 Å². The van der Waals surface area contributed by atoms with Crippen molar-refractivity contribution in [1.29, 1.82) is 0 Å². The minimum Gasteiger partial charge on any atom is -0.478 e. The molecule has 5 nitrogen and oxygen atoms in total. The summed E-state index contributed by atoms with van der Waals surface area (Å²) in [4.78, 5) is 23.5. The van der Waals surface area contributed by atoms with Gasteiger partial charge in [-0.25, -0.2) is 4.79 Å². The van der Waals surface area contributed by atoms with Crippen LogP contribution in [0.25, 0.3) is 6.08 Å². The number of hydrogen-bond donors (Lipinski definition) is 2. The minimum atomic E-state index is -1.02. The molecule has 0 saturated carbocycles. The highest BCUT2D eigenvalue weighted by Gasteiger charge is 2.12. The number of carboxylic acids is 1. The summed E-state index contributed by atoms with van der Waals surface area (Å²) in [5, 5.41) is 9.06. The van der Waals surface area contributed by atoms with Crippen LogP contribution in [0.5, 0.6) is 0 Å². The first-order valence-electron chi connectivity index (χ1n) is 6.67. The number of carbonyl (C=O) groups is 2. The number of aliphatic carboxylic acids is 1. The highest BCUT2D eigenvalue weighted by molar-refractivity contribution is 6.33. The first kappa shape index (κ1) is 17.0. The Kier molecular flexibility index (Phi) is 6.75. The molecule has 0 spiro atoms. The second kappa shape index (κ2) is 8.32. The maximum Gasteiger partial charge on any atom is 0.328 e. The van der Waals surface area contributed by atoms with E-state index >= 15 is 0 Å². The van der Waals surface area contributed by atoms with Gasteiger partial charge in [-0.3, -0.25) is 4.79 Å². The van der Waals surface area contributed by atoms with E-state index in [4.69, 9.17) is 22.4 Å². The van der Waals surface area contributed by atoms with Crippen molar-refractivity contribution in [2.75, 3.05) is 18.0 Å². The number of carbonyl (C=O) groups excluding carboxylic acids is 1. The van der Waals surface area contributed by atoms with Gasteiger partial charge in [-0.15, -0.1) is 0 Å². The average molecular weight is 311 g/mol. The Labute approximate surface area is 129 Å². The van der Waals surface area contributed by atoms with Gasteiger partial charge in [0.2, 0.25) is 5.91 Å². The number of nitrogens with zero attached hydrogens (tertiary/aromatic N) is 1. The monoisotopic (exact) mass is 310 g/mol. The van der Waals surface area contributed by atoms with Gasteiger partial charge < -0.3 is 15.7 Å². The van der Waals surface area contributed by atoms with E-state index in [2.05, 4.69) is 6.92 Å². The molecule has 0 radical (unpaired) electrons. The number of halogens is 1. The van der Waals surface area contributed by atoms with Crippen LogP contribution in [-0.2, 0) is 9.59 Å². The summed E-state index contributed by atoms with van der Waals surface area (Å²) in [6, 6.07) is 5.18. The molecular formula is C15H19ClN2O3. The van der Waals surface area contributed by atoms with Crippen LogP contribution in [0.1, 0.15) is 25.3 Å². The maximum absolute atomic E-state index is 11.2. The Bertz CT molecular complexity index is 544. The quantitative estimate of drug-likeness (QED) is 0.723. The van der Waals surface area contributed by atoms with E-state index in [0.29, 0.717) is 17.1 Å². The molecule has 0 atom stereocenters. The molecule has 21 heavy (non-hydrogen) atoms. The van der Waals surface area contributed by atoms with Gasteiger partial charge in [0.1, 0.15) is 0 Å². The molecule has 1 rings (SSSR count). The van der Waals surface area contributed by atoms with Gasteiger partial charge in [0.15, 0.2) is 0 Å². The lowest BCUT2D eigenvalue weighted by molar-refractivity contribution is -0.131. The summed E-state index contributed by atoms with van der Waals surface area (Å²) < 4.78 is 0. The summed E-state index contributed by atoms with van der Waals surface area (Å²) in [6.07, 6.45) is 4.42. The summed E-state index contributed by atoms with van der Waals surface area (Å²) in [5.41, 5.74) is 6.66. The molecule has 0 aliphatic carbocycles. The predicted molar refractivity (Wildman–Crippen MR) is 84.4 cm³/mol. The van der Waals surface area contributed by atoms with Crippen LogP contribution < -0.4 is 10.6 Å². The van der Waals surface area contributed by atoms with Crippen LogP contribution in [0.15, 0.2) is 24.3 Å². The number of nitrogens with two attached hydrogens (primary N) is 1. The molecule has 0 unspecified atom stereocenters. The maximum atomic E-state index is 11.2. The van der Waals surface area contributed by atoms with Crippen molar-refractivity contribution in [2.45, 2.75) is 19.8 Å². The molecule has 114 valence electrons. The molecular weight excluding hydrogens is 292 g/mol. The molecule has 1 amide bonds. The third kappa shape index (κ3) is 5.87. The summed E-state index contributed by atoms with van der Waals surface area (Å²) in [6.45, 7) is 2.84. The molecule has 0 bridgehead atoms. The zero-order chi connectivity index (χ0) is 15.8. The number of anilines is 1. The third-order valence-corrected chi connectivity index (χ3v) is 3.16. The topological polar surface area (TPSA) is 83.6 Å². The standard InChI is InChI=1S/C15H19ClN2O3/c1-2-3-8-18(10-14(17)19)13-6-4-11(9-12(13)16)5-7-15(20)21/h4-7,9H,2-3,8,10H2,1H3,(H2,17,19)(H,20,21)/b7-5+. The van der Waals surface area contributed by atoms with Crippen LogP contribution in [0.4, 0.5) is 5.69 Å². The second-order valence-electron chi connectivity index (χ2n) is 4.62. The number of unbranched alkanes of at least 4 members (excludes halogenated alkanes) is 1. The number of benzene rings is 1. The lowest BCUT2D eigenvalue weighted by atomic mass is 10.1. The molecule has 1 aromatic rings. The van der Waals surface area contributed by atoms with E-state index in [0.717, 1.165) is 24.6 Å². The molecule has 3 N–H and O–H groups in total. The number of carboxylic acid groups (broad SMARTS) is 1. The Morgan fingerprint density at radius 3 is 2.67 bits per heavy atom. The van der Waals surface area contributed by atoms with Crippen molar-refractivity contribution >= 4 is 35.2 Å². The predicted octanol–water partition coefficient (Wildman–Crippen LogP) is 2.53. The Balaban J connectivity index is 2.98. The second-order valence-corrected chi connectivity index (χ2v) is 5.03. The van der Waals surface area contributed by atoms with Crippen LogP contribution in [0, 0.1) is 0 Å².